The van der Waals surface area contributed by atoms with E-state index in [0.717, 1.165) is 12.8 Å². The molecule has 1 aliphatic rings. The molecular formula is C17H31N3O4. The predicted molar refractivity (Wildman–Crippen MR) is 91.3 cm³/mol. The molecule has 0 aliphatic carbocycles. The molecule has 3 amide bonds. The Balaban J connectivity index is 2.55. The van der Waals surface area contributed by atoms with Crippen molar-refractivity contribution in [2.45, 2.75) is 46.6 Å². The van der Waals surface area contributed by atoms with Crippen LogP contribution in [0, 0.1) is 17.8 Å². The summed E-state index contributed by atoms with van der Waals surface area (Å²) in [6.07, 6.45) is 1.87. The van der Waals surface area contributed by atoms with Crippen molar-refractivity contribution < 1.29 is 19.1 Å². The zero-order valence-electron chi connectivity index (χ0n) is 15.4. The van der Waals surface area contributed by atoms with E-state index >= 15 is 0 Å². The standard InChI is InChI=1S/C17H31N3O4/c1-11(2)14(16(22)24-5)19-17(23)20-8-6-7-13(10-20)9-18-15(21)12(3)4/h11-14H,6-10H2,1-5H3,(H,18,21)(H,19,23). The Morgan fingerprint density at radius 3 is 2.42 bits per heavy atom. The lowest BCUT2D eigenvalue weighted by molar-refractivity contribution is -0.144. The maximum Gasteiger partial charge on any atom is 0.328 e. The molecule has 7 heteroatoms. The van der Waals surface area contributed by atoms with Crippen LogP contribution in [0.15, 0.2) is 0 Å². The summed E-state index contributed by atoms with van der Waals surface area (Å²) in [5, 5.41) is 5.69. The highest BCUT2D eigenvalue weighted by Crippen LogP contribution is 2.16. The molecule has 0 aromatic heterocycles. The average Bonchev–Trinajstić information content (AvgIpc) is 2.56. The van der Waals surface area contributed by atoms with Crippen LogP contribution in [0.4, 0.5) is 4.79 Å². The molecule has 1 saturated heterocycles. The van der Waals surface area contributed by atoms with Gasteiger partial charge in [0.1, 0.15) is 6.04 Å². The molecule has 1 aliphatic heterocycles. The van der Waals surface area contributed by atoms with Gasteiger partial charge in [0.25, 0.3) is 0 Å². The molecule has 0 radical (unpaired) electrons. The van der Waals surface area contributed by atoms with Crippen molar-refractivity contribution in [1.29, 1.82) is 0 Å². The summed E-state index contributed by atoms with van der Waals surface area (Å²) in [6.45, 7) is 9.25. The molecule has 24 heavy (non-hydrogen) atoms. The Morgan fingerprint density at radius 2 is 1.88 bits per heavy atom. The third kappa shape index (κ3) is 6.02. The smallest absolute Gasteiger partial charge is 0.328 e. The molecule has 1 heterocycles. The van der Waals surface area contributed by atoms with E-state index in [1.54, 1.807) is 4.90 Å². The van der Waals surface area contributed by atoms with Gasteiger partial charge in [0.2, 0.25) is 5.91 Å². The fourth-order valence-electron chi connectivity index (χ4n) is 2.71. The van der Waals surface area contributed by atoms with E-state index in [4.69, 9.17) is 4.74 Å². The van der Waals surface area contributed by atoms with Crippen molar-refractivity contribution in [2.75, 3.05) is 26.7 Å². The van der Waals surface area contributed by atoms with Gasteiger partial charge in [-0.3, -0.25) is 4.79 Å². The van der Waals surface area contributed by atoms with Crippen molar-refractivity contribution in [3.63, 3.8) is 0 Å². The number of nitrogens with zero attached hydrogens (tertiary/aromatic N) is 1. The summed E-state index contributed by atoms with van der Waals surface area (Å²) >= 11 is 0. The van der Waals surface area contributed by atoms with E-state index in [0.29, 0.717) is 19.6 Å². The number of amides is 3. The fraction of sp³-hybridized carbons (Fsp3) is 0.824. The number of likely N-dealkylation sites (tertiary alicyclic amines) is 1. The lowest BCUT2D eigenvalue weighted by atomic mass is 9.98. The molecule has 0 saturated carbocycles. The molecule has 0 aromatic carbocycles. The summed E-state index contributed by atoms with van der Waals surface area (Å²) in [6, 6.07) is -0.900. The Labute approximate surface area is 144 Å². The Hall–Kier alpha value is -1.79. The topological polar surface area (TPSA) is 87.7 Å². The van der Waals surface area contributed by atoms with E-state index in [2.05, 4.69) is 10.6 Å². The molecule has 2 unspecified atom stereocenters. The summed E-state index contributed by atoms with van der Waals surface area (Å²) in [5.41, 5.74) is 0. The van der Waals surface area contributed by atoms with E-state index in [9.17, 15) is 14.4 Å². The number of esters is 1. The third-order valence-electron chi connectivity index (χ3n) is 4.30. The number of hydrogen-bond acceptors (Lipinski definition) is 4. The summed E-state index contributed by atoms with van der Waals surface area (Å²) in [5.74, 6) is -0.256. The van der Waals surface area contributed by atoms with Gasteiger partial charge < -0.3 is 20.3 Å². The Bertz CT molecular complexity index is 451. The van der Waals surface area contributed by atoms with Crippen molar-refractivity contribution in [1.82, 2.24) is 15.5 Å². The SMILES string of the molecule is COC(=O)C(NC(=O)N1CCCC(CNC(=O)C(C)C)C1)C(C)C. The van der Waals surface area contributed by atoms with Gasteiger partial charge in [-0.2, -0.15) is 0 Å². The molecule has 1 fully saturated rings. The maximum atomic E-state index is 12.4. The second-order valence-corrected chi connectivity index (χ2v) is 7.05. The van der Waals surface area contributed by atoms with E-state index < -0.39 is 12.0 Å². The van der Waals surface area contributed by atoms with Crippen LogP contribution in [0.1, 0.15) is 40.5 Å². The second-order valence-electron chi connectivity index (χ2n) is 7.05. The molecule has 138 valence electrons. The first-order valence-electron chi connectivity index (χ1n) is 8.67. The number of carbonyl (C=O) groups excluding carboxylic acids is 3. The van der Waals surface area contributed by atoms with Gasteiger partial charge in [-0.15, -0.1) is 0 Å². The van der Waals surface area contributed by atoms with E-state index in [-0.39, 0.29) is 29.7 Å². The molecule has 2 atom stereocenters. The number of ether oxygens (including phenoxy) is 1. The average molecular weight is 341 g/mol. The minimum Gasteiger partial charge on any atom is -0.467 e. The fourth-order valence-corrected chi connectivity index (χ4v) is 2.71. The number of piperidine rings is 1. The van der Waals surface area contributed by atoms with Crippen LogP contribution in [0.3, 0.4) is 0 Å². The van der Waals surface area contributed by atoms with Crippen molar-refractivity contribution in [3.05, 3.63) is 0 Å². The first-order chi connectivity index (χ1) is 11.3. The van der Waals surface area contributed by atoms with Gasteiger partial charge in [0.15, 0.2) is 0 Å². The van der Waals surface area contributed by atoms with Crippen LogP contribution in [-0.2, 0) is 14.3 Å². The van der Waals surface area contributed by atoms with Crippen LogP contribution in [0.5, 0.6) is 0 Å². The van der Waals surface area contributed by atoms with Gasteiger partial charge in [-0.05, 0) is 24.7 Å². The zero-order valence-corrected chi connectivity index (χ0v) is 15.4. The normalized spacial score (nSPS) is 19.1. The second kappa shape index (κ2) is 9.49. The number of rotatable bonds is 6. The number of methoxy groups -OCH3 is 1. The lowest BCUT2D eigenvalue weighted by Crippen LogP contribution is -2.53. The highest BCUT2D eigenvalue weighted by atomic mass is 16.5. The van der Waals surface area contributed by atoms with Crippen LogP contribution in [0.2, 0.25) is 0 Å². The van der Waals surface area contributed by atoms with Crippen LogP contribution < -0.4 is 10.6 Å². The first-order valence-corrected chi connectivity index (χ1v) is 8.67. The molecule has 2 N–H and O–H groups in total. The number of urea groups is 1. The molecular weight excluding hydrogens is 310 g/mol. The minimum absolute atomic E-state index is 0.0298. The Kier molecular flexibility index (Phi) is 8.01. The zero-order chi connectivity index (χ0) is 18.3. The van der Waals surface area contributed by atoms with Crippen LogP contribution in [-0.4, -0.2) is 55.6 Å². The number of hydrogen-bond donors (Lipinski definition) is 2. The first kappa shape index (κ1) is 20.3. The Morgan fingerprint density at radius 1 is 1.21 bits per heavy atom. The quantitative estimate of drug-likeness (QED) is 0.715. The van der Waals surface area contributed by atoms with Gasteiger partial charge in [-0.25, -0.2) is 9.59 Å². The number of nitrogens with one attached hydrogen (secondary N) is 2. The molecule has 7 nitrogen and oxygen atoms in total. The van der Waals surface area contributed by atoms with E-state index in [1.807, 2.05) is 27.7 Å². The monoisotopic (exact) mass is 341 g/mol. The molecule has 0 aromatic rings. The lowest BCUT2D eigenvalue weighted by Gasteiger charge is -2.34. The van der Waals surface area contributed by atoms with Crippen LogP contribution >= 0.6 is 0 Å². The summed E-state index contributed by atoms with van der Waals surface area (Å²) in [4.78, 5) is 37.6. The van der Waals surface area contributed by atoms with Gasteiger partial charge in [-0.1, -0.05) is 27.7 Å². The largest absolute Gasteiger partial charge is 0.467 e. The van der Waals surface area contributed by atoms with Crippen molar-refractivity contribution >= 4 is 17.9 Å². The predicted octanol–water partition coefficient (Wildman–Crippen LogP) is 1.38. The summed E-state index contributed by atoms with van der Waals surface area (Å²) < 4.78 is 4.75. The van der Waals surface area contributed by atoms with Crippen LogP contribution in [0.25, 0.3) is 0 Å². The highest BCUT2D eigenvalue weighted by Gasteiger charge is 2.29. The van der Waals surface area contributed by atoms with Gasteiger partial charge in [0.05, 0.1) is 7.11 Å². The van der Waals surface area contributed by atoms with E-state index in [1.165, 1.54) is 7.11 Å². The highest BCUT2D eigenvalue weighted by molar-refractivity contribution is 5.83. The third-order valence-corrected chi connectivity index (χ3v) is 4.30. The minimum atomic E-state index is -0.650. The van der Waals surface area contributed by atoms with Gasteiger partial charge >= 0.3 is 12.0 Å². The maximum absolute atomic E-state index is 12.4. The van der Waals surface area contributed by atoms with Gasteiger partial charge in [0, 0.05) is 25.6 Å². The van der Waals surface area contributed by atoms with Crippen molar-refractivity contribution in [3.8, 4) is 0 Å². The van der Waals surface area contributed by atoms with Crippen molar-refractivity contribution in [2.24, 2.45) is 17.8 Å². The summed E-state index contributed by atoms with van der Waals surface area (Å²) in [7, 11) is 1.32. The molecule has 0 bridgehead atoms. The molecule has 1 rings (SSSR count). The number of carbonyl (C=O) groups is 3. The molecule has 0 spiro atoms.